The average Bonchev–Trinajstić information content (AvgIpc) is 3.11. The molecule has 4 nitrogen and oxygen atoms in total. The van der Waals surface area contributed by atoms with Crippen molar-refractivity contribution >= 4 is 34.0 Å². The molecule has 0 bridgehead atoms. The Morgan fingerprint density at radius 3 is 3.10 bits per heavy atom. The van der Waals surface area contributed by atoms with Crippen LogP contribution in [0.2, 0.25) is 5.02 Å². The van der Waals surface area contributed by atoms with Crippen molar-refractivity contribution in [2.45, 2.75) is 25.3 Å². The summed E-state index contributed by atoms with van der Waals surface area (Å²) in [6.07, 6.45) is 2.71. The maximum atomic E-state index is 12.0. The topological polar surface area (TPSA) is 54.0 Å². The summed E-state index contributed by atoms with van der Waals surface area (Å²) in [4.78, 5) is 16.4. The molecule has 1 aromatic heterocycles. The second-order valence-electron chi connectivity index (χ2n) is 5.06. The van der Waals surface area contributed by atoms with Crippen LogP contribution in [0.25, 0.3) is 11.3 Å². The van der Waals surface area contributed by atoms with Crippen LogP contribution in [0.4, 0.5) is 5.13 Å². The summed E-state index contributed by atoms with van der Waals surface area (Å²) in [6, 6.07) is 7.86. The number of benzene rings is 1. The second kappa shape index (κ2) is 6.56. The van der Waals surface area contributed by atoms with Gasteiger partial charge in [0.15, 0.2) is 5.13 Å². The Hall–Kier alpha value is -1.43. The number of carbonyl (C=O) groups excluding carboxylic acids is 1. The van der Waals surface area contributed by atoms with Crippen molar-refractivity contribution in [1.82, 2.24) is 10.3 Å². The second-order valence-corrected chi connectivity index (χ2v) is 6.33. The molecule has 2 N–H and O–H groups in total. The third-order valence-electron chi connectivity index (χ3n) is 3.49. The van der Waals surface area contributed by atoms with Crippen LogP contribution in [-0.2, 0) is 4.79 Å². The Kier molecular flexibility index (Phi) is 4.53. The molecular formula is C15H16ClN3OS. The molecule has 21 heavy (non-hydrogen) atoms. The van der Waals surface area contributed by atoms with Gasteiger partial charge in [0.25, 0.3) is 0 Å². The third kappa shape index (κ3) is 3.61. The van der Waals surface area contributed by atoms with Gasteiger partial charge < -0.3 is 10.6 Å². The van der Waals surface area contributed by atoms with E-state index in [4.69, 9.17) is 11.6 Å². The summed E-state index contributed by atoms with van der Waals surface area (Å²) < 4.78 is 0. The van der Waals surface area contributed by atoms with E-state index >= 15 is 0 Å². The highest BCUT2D eigenvalue weighted by Gasteiger charge is 2.18. The zero-order valence-electron chi connectivity index (χ0n) is 11.4. The Morgan fingerprint density at radius 1 is 1.48 bits per heavy atom. The molecular weight excluding hydrogens is 306 g/mol. The van der Waals surface area contributed by atoms with Gasteiger partial charge >= 0.3 is 0 Å². The highest BCUT2D eigenvalue weighted by molar-refractivity contribution is 7.14. The van der Waals surface area contributed by atoms with E-state index in [9.17, 15) is 4.79 Å². The number of hydrogen-bond acceptors (Lipinski definition) is 4. The average molecular weight is 322 g/mol. The van der Waals surface area contributed by atoms with Gasteiger partial charge in [0.05, 0.1) is 5.69 Å². The van der Waals surface area contributed by atoms with Crippen molar-refractivity contribution in [3.8, 4) is 11.3 Å². The molecule has 1 amide bonds. The Labute approximate surface area is 132 Å². The number of thiazole rings is 1. The number of carbonyl (C=O) groups is 1. The molecule has 2 heterocycles. The zero-order valence-corrected chi connectivity index (χ0v) is 13.0. The van der Waals surface area contributed by atoms with Gasteiger partial charge in [-0.1, -0.05) is 29.8 Å². The van der Waals surface area contributed by atoms with Crippen molar-refractivity contribution in [2.24, 2.45) is 0 Å². The van der Waals surface area contributed by atoms with E-state index in [1.165, 1.54) is 11.3 Å². The smallest absolute Gasteiger partial charge is 0.227 e. The summed E-state index contributed by atoms with van der Waals surface area (Å²) >= 11 is 7.57. The summed E-state index contributed by atoms with van der Waals surface area (Å²) in [5.41, 5.74) is 1.67. The number of amides is 1. The van der Waals surface area contributed by atoms with Crippen LogP contribution in [0.5, 0.6) is 0 Å². The predicted octanol–water partition coefficient (Wildman–Crippen LogP) is 3.54. The lowest BCUT2D eigenvalue weighted by Crippen LogP contribution is -2.27. The zero-order chi connectivity index (χ0) is 14.7. The highest BCUT2D eigenvalue weighted by Crippen LogP contribution is 2.30. The van der Waals surface area contributed by atoms with Gasteiger partial charge in [-0.05, 0) is 25.5 Å². The fourth-order valence-corrected chi connectivity index (χ4v) is 3.41. The Balaban J connectivity index is 1.65. The lowest BCUT2D eigenvalue weighted by molar-refractivity contribution is -0.116. The molecule has 1 aliphatic rings. The van der Waals surface area contributed by atoms with E-state index < -0.39 is 0 Å². The van der Waals surface area contributed by atoms with Gasteiger partial charge in [-0.3, -0.25) is 4.79 Å². The summed E-state index contributed by atoms with van der Waals surface area (Å²) in [7, 11) is 0. The molecule has 0 spiro atoms. The number of nitrogens with zero attached hydrogens (tertiary/aromatic N) is 1. The van der Waals surface area contributed by atoms with E-state index in [1.54, 1.807) is 0 Å². The Bertz CT molecular complexity index is 637. The fourth-order valence-electron chi connectivity index (χ4n) is 2.45. The van der Waals surface area contributed by atoms with Crippen LogP contribution in [0.3, 0.4) is 0 Å². The van der Waals surface area contributed by atoms with Gasteiger partial charge in [0, 0.05) is 28.4 Å². The monoisotopic (exact) mass is 321 g/mol. The largest absolute Gasteiger partial charge is 0.313 e. The minimum absolute atomic E-state index is 0.00876. The normalized spacial score (nSPS) is 17.9. The lowest BCUT2D eigenvalue weighted by Gasteiger charge is -2.08. The quantitative estimate of drug-likeness (QED) is 0.905. The highest BCUT2D eigenvalue weighted by atomic mass is 35.5. The Morgan fingerprint density at radius 2 is 2.33 bits per heavy atom. The molecule has 0 radical (unpaired) electrons. The number of rotatable bonds is 4. The predicted molar refractivity (Wildman–Crippen MR) is 86.8 cm³/mol. The van der Waals surface area contributed by atoms with Crippen LogP contribution >= 0.6 is 22.9 Å². The molecule has 0 aliphatic carbocycles. The van der Waals surface area contributed by atoms with E-state index in [1.807, 2.05) is 29.6 Å². The third-order valence-corrected chi connectivity index (χ3v) is 4.58. The van der Waals surface area contributed by atoms with Crippen molar-refractivity contribution < 1.29 is 4.79 Å². The maximum Gasteiger partial charge on any atom is 0.227 e. The first-order valence-corrected chi connectivity index (χ1v) is 8.22. The minimum atomic E-state index is 0.00876. The molecule has 1 unspecified atom stereocenters. The molecule has 1 saturated heterocycles. The van der Waals surface area contributed by atoms with Crippen LogP contribution in [0.1, 0.15) is 19.3 Å². The van der Waals surface area contributed by atoms with Gasteiger partial charge in [0.2, 0.25) is 5.91 Å². The minimum Gasteiger partial charge on any atom is -0.313 e. The van der Waals surface area contributed by atoms with E-state index in [2.05, 4.69) is 15.6 Å². The molecule has 6 heteroatoms. The number of halogens is 1. The van der Waals surface area contributed by atoms with Crippen LogP contribution in [-0.4, -0.2) is 23.5 Å². The number of anilines is 1. The SMILES string of the molecule is O=C(CC1CCCN1)Nc1nc(-c2ccccc2Cl)cs1. The summed E-state index contributed by atoms with van der Waals surface area (Å²) in [5, 5.41) is 9.37. The summed E-state index contributed by atoms with van der Waals surface area (Å²) in [5.74, 6) is 0.00876. The molecule has 3 rings (SSSR count). The number of aromatic nitrogens is 1. The molecule has 110 valence electrons. The summed E-state index contributed by atoms with van der Waals surface area (Å²) in [6.45, 7) is 1.01. The van der Waals surface area contributed by atoms with Crippen molar-refractivity contribution in [3.63, 3.8) is 0 Å². The first-order chi connectivity index (χ1) is 10.2. The molecule has 1 aromatic carbocycles. The first-order valence-electron chi connectivity index (χ1n) is 6.96. The maximum absolute atomic E-state index is 12.0. The van der Waals surface area contributed by atoms with Crippen LogP contribution in [0, 0.1) is 0 Å². The molecule has 2 aromatic rings. The van der Waals surface area contributed by atoms with E-state index in [0.717, 1.165) is 30.6 Å². The van der Waals surface area contributed by atoms with E-state index in [-0.39, 0.29) is 5.91 Å². The fraction of sp³-hybridized carbons (Fsp3) is 0.333. The van der Waals surface area contributed by atoms with Gasteiger partial charge in [-0.2, -0.15) is 0 Å². The van der Waals surface area contributed by atoms with Crippen molar-refractivity contribution in [2.75, 3.05) is 11.9 Å². The lowest BCUT2D eigenvalue weighted by atomic mass is 10.1. The van der Waals surface area contributed by atoms with Crippen LogP contribution in [0.15, 0.2) is 29.6 Å². The number of hydrogen-bond donors (Lipinski definition) is 2. The van der Waals surface area contributed by atoms with Crippen LogP contribution < -0.4 is 10.6 Å². The molecule has 1 fully saturated rings. The molecule has 0 saturated carbocycles. The first kappa shape index (κ1) is 14.5. The van der Waals surface area contributed by atoms with Gasteiger partial charge in [0.1, 0.15) is 0 Å². The van der Waals surface area contributed by atoms with Crippen molar-refractivity contribution in [3.05, 3.63) is 34.7 Å². The van der Waals surface area contributed by atoms with Gasteiger partial charge in [-0.25, -0.2) is 4.98 Å². The van der Waals surface area contributed by atoms with E-state index in [0.29, 0.717) is 22.6 Å². The standard InChI is InChI=1S/C15H16ClN3OS/c16-12-6-2-1-5-11(12)13-9-21-15(18-13)19-14(20)8-10-4-3-7-17-10/h1-2,5-6,9-10,17H,3-4,7-8H2,(H,18,19,20). The van der Waals surface area contributed by atoms with Gasteiger partial charge in [-0.15, -0.1) is 11.3 Å². The molecule has 1 atom stereocenters. The molecule has 1 aliphatic heterocycles. The number of nitrogens with one attached hydrogen (secondary N) is 2. The van der Waals surface area contributed by atoms with Crippen molar-refractivity contribution in [1.29, 1.82) is 0 Å².